The average molecular weight is 344 g/mol. The molecule has 0 saturated carbocycles. The van der Waals surface area contributed by atoms with Gasteiger partial charge in [-0.05, 0) is 30.7 Å². The first kappa shape index (κ1) is 15.9. The molecule has 1 aromatic rings. The lowest BCUT2D eigenvalue weighted by Crippen LogP contribution is -2.59. The minimum absolute atomic E-state index is 0.198. The van der Waals surface area contributed by atoms with E-state index in [1.54, 1.807) is 0 Å². The summed E-state index contributed by atoms with van der Waals surface area (Å²) in [6.45, 7) is 0.0857. The second kappa shape index (κ2) is 5.46. The topological polar surface area (TPSA) is 49.3 Å². The number of rotatable bonds is 4. The van der Waals surface area contributed by atoms with Crippen molar-refractivity contribution in [1.82, 2.24) is 5.32 Å². The normalized spacial score (nSPS) is 15.1. The van der Waals surface area contributed by atoms with Gasteiger partial charge in [0.1, 0.15) is 5.82 Å². The molecule has 0 fully saturated rings. The first-order valence-electron chi connectivity index (χ1n) is 5.06. The van der Waals surface area contributed by atoms with Crippen molar-refractivity contribution in [3.8, 4) is 0 Å². The van der Waals surface area contributed by atoms with Gasteiger partial charge in [-0.2, -0.15) is 13.2 Å². The molecular formula is C11H10BrF4NO2. The maximum absolute atomic E-state index is 13.0. The molecule has 0 aromatic heterocycles. The monoisotopic (exact) mass is 343 g/mol. The third-order valence-electron chi connectivity index (χ3n) is 2.56. The van der Waals surface area contributed by atoms with E-state index >= 15 is 0 Å². The summed E-state index contributed by atoms with van der Waals surface area (Å²) in [5.74, 6) is -2.68. The Labute approximate surface area is 114 Å². The van der Waals surface area contributed by atoms with Gasteiger partial charge in [0.05, 0.1) is 0 Å². The van der Waals surface area contributed by atoms with Crippen molar-refractivity contribution in [2.75, 3.05) is 0 Å². The number of carboxylic acid groups (broad SMARTS) is 1. The van der Waals surface area contributed by atoms with Crippen LogP contribution in [0.2, 0.25) is 0 Å². The Balaban J connectivity index is 2.92. The standard InChI is InChI=1S/C11H10BrF4NO2/c1-10(9(18)19,11(14,15)16)17-5-6-2-7(12)4-8(13)3-6/h2-4,17H,5H2,1H3,(H,18,19). The van der Waals surface area contributed by atoms with Crippen LogP contribution in [0.25, 0.3) is 0 Å². The number of alkyl halides is 3. The van der Waals surface area contributed by atoms with E-state index in [4.69, 9.17) is 5.11 Å². The SMILES string of the molecule is CC(NCc1cc(F)cc(Br)c1)(C(=O)O)C(F)(F)F. The van der Waals surface area contributed by atoms with Gasteiger partial charge in [-0.1, -0.05) is 15.9 Å². The van der Waals surface area contributed by atoms with E-state index in [2.05, 4.69) is 15.9 Å². The van der Waals surface area contributed by atoms with Gasteiger partial charge < -0.3 is 5.11 Å². The highest BCUT2D eigenvalue weighted by Crippen LogP contribution is 2.30. The molecule has 1 aromatic carbocycles. The summed E-state index contributed by atoms with van der Waals surface area (Å²) < 4.78 is 51.5. The second-order valence-electron chi connectivity index (χ2n) is 4.06. The maximum Gasteiger partial charge on any atom is 0.417 e. The summed E-state index contributed by atoms with van der Waals surface area (Å²) in [6, 6.07) is 3.56. The molecule has 0 aliphatic heterocycles. The first-order valence-corrected chi connectivity index (χ1v) is 5.85. The molecule has 0 heterocycles. The maximum atomic E-state index is 13.0. The van der Waals surface area contributed by atoms with E-state index in [1.807, 2.05) is 5.32 Å². The van der Waals surface area contributed by atoms with Crippen LogP contribution in [0, 0.1) is 5.82 Å². The van der Waals surface area contributed by atoms with E-state index in [-0.39, 0.29) is 5.56 Å². The van der Waals surface area contributed by atoms with Crippen LogP contribution in [0.5, 0.6) is 0 Å². The molecular weight excluding hydrogens is 334 g/mol. The lowest BCUT2D eigenvalue weighted by molar-refractivity contribution is -0.206. The molecule has 0 aliphatic carbocycles. The summed E-state index contributed by atoms with van der Waals surface area (Å²) in [7, 11) is 0. The first-order chi connectivity index (χ1) is 8.56. The van der Waals surface area contributed by atoms with Gasteiger partial charge >= 0.3 is 12.1 Å². The third-order valence-corrected chi connectivity index (χ3v) is 3.02. The minimum atomic E-state index is -4.97. The molecule has 0 spiro atoms. The number of carbonyl (C=O) groups is 1. The zero-order chi connectivity index (χ0) is 14.8. The molecule has 0 radical (unpaired) electrons. The molecule has 106 valence electrons. The molecule has 8 heteroatoms. The van der Waals surface area contributed by atoms with Crippen molar-refractivity contribution in [2.24, 2.45) is 0 Å². The number of aliphatic carboxylic acids is 1. The zero-order valence-electron chi connectivity index (χ0n) is 9.68. The lowest BCUT2D eigenvalue weighted by Gasteiger charge is -2.28. The smallest absolute Gasteiger partial charge is 0.417 e. The Kier molecular flexibility index (Phi) is 4.57. The van der Waals surface area contributed by atoms with Gasteiger partial charge in [-0.3, -0.25) is 5.32 Å². The van der Waals surface area contributed by atoms with Crippen LogP contribution >= 0.6 is 15.9 Å². The van der Waals surface area contributed by atoms with Crippen molar-refractivity contribution in [3.05, 3.63) is 34.1 Å². The molecule has 19 heavy (non-hydrogen) atoms. The summed E-state index contributed by atoms with van der Waals surface area (Å²) >= 11 is 3.00. The number of nitrogens with one attached hydrogen (secondary N) is 1. The van der Waals surface area contributed by atoms with Gasteiger partial charge in [0.2, 0.25) is 5.54 Å². The quantitative estimate of drug-likeness (QED) is 0.826. The number of hydrogen-bond acceptors (Lipinski definition) is 2. The lowest BCUT2D eigenvalue weighted by atomic mass is 10.0. The molecule has 1 unspecified atom stereocenters. The number of carboxylic acids is 1. The van der Waals surface area contributed by atoms with E-state index in [0.29, 0.717) is 11.4 Å². The summed E-state index contributed by atoms with van der Waals surface area (Å²) in [5, 5.41) is 10.6. The predicted molar refractivity (Wildman–Crippen MR) is 63.0 cm³/mol. The van der Waals surface area contributed by atoms with Crippen LogP contribution in [0.4, 0.5) is 17.6 Å². The van der Waals surface area contributed by atoms with Crippen molar-refractivity contribution in [1.29, 1.82) is 0 Å². The molecule has 0 saturated heterocycles. The van der Waals surface area contributed by atoms with Crippen molar-refractivity contribution >= 4 is 21.9 Å². The van der Waals surface area contributed by atoms with Gasteiger partial charge in [0.25, 0.3) is 0 Å². The van der Waals surface area contributed by atoms with Crippen LogP contribution in [-0.2, 0) is 11.3 Å². The van der Waals surface area contributed by atoms with Crippen molar-refractivity contribution in [2.45, 2.75) is 25.2 Å². The summed E-state index contributed by atoms with van der Waals surface area (Å²) in [6.07, 6.45) is -4.97. The Bertz CT molecular complexity index is 472. The van der Waals surface area contributed by atoms with Crippen molar-refractivity contribution in [3.63, 3.8) is 0 Å². The zero-order valence-corrected chi connectivity index (χ0v) is 11.3. The molecule has 1 atom stereocenters. The number of halogens is 5. The molecule has 0 bridgehead atoms. The summed E-state index contributed by atoms with van der Waals surface area (Å²) in [5.41, 5.74) is -2.89. The van der Waals surface area contributed by atoms with Crippen LogP contribution in [0.15, 0.2) is 22.7 Å². The molecule has 0 aliphatic rings. The van der Waals surface area contributed by atoms with Gasteiger partial charge in [-0.15, -0.1) is 0 Å². The minimum Gasteiger partial charge on any atom is -0.480 e. The Morgan fingerprint density at radius 2 is 1.95 bits per heavy atom. The number of benzene rings is 1. The largest absolute Gasteiger partial charge is 0.480 e. The van der Waals surface area contributed by atoms with Crippen LogP contribution in [0.1, 0.15) is 12.5 Å². The van der Waals surface area contributed by atoms with Crippen LogP contribution in [-0.4, -0.2) is 22.8 Å². The van der Waals surface area contributed by atoms with Crippen molar-refractivity contribution < 1.29 is 27.5 Å². The molecule has 0 amide bonds. The highest BCUT2D eigenvalue weighted by atomic mass is 79.9. The highest BCUT2D eigenvalue weighted by molar-refractivity contribution is 9.10. The van der Waals surface area contributed by atoms with E-state index in [9.17, 15) is 22.4 Å². The van der Waals surface area contributed by atoms with Crippen LogP contribution in [0.3, 0.4) is 0 Å². The van der Waals surface area contributed by atoms with Gasteiger partial charge in [0.15, 0.2) is 0 Å². The Hall–Kier alpha value is -1.15. The fourth-order valence-electron chi connectivity index (χ4n) is 1.29. The van der Waals surface area contributed by atoms with E-state index in [0.717, 1.165) is 12.1 Å². The fourth-order valence-corrected chi connectivity index (χ4v) is 1.80. The van der Waals surface area contributed by atoms with Gasteiger partial charge in [-0.25, -0.2) is 9.18 Å². The molecule has 1 rings (SSSR count). The number of hydrogen-bond donors (Lipinski definition) is 2. The Morgan fingerprint density at radius 3 is 2.37 bits per heavy atom. The highest BCUT2D eigenvalue weighted by Gasteiger charge is 2.57. The van der Waals surface area contributed by atoms with E-state index in [1.165, 1.54) is 6.07 Å². The fraction of sp³-hybridized carbons (Fsp3) is 0.364. The molecule has 3 nitrogen and oxygen atoms in total. The molecule has 2 N–H and O–H groups in total. The average Bonchev–Trinajstić information content (AvgIpc) is 2.22. The van der Waals surface area contributed by atoms with E-state index < -0.39 is 30.0 Å². The predicted octanol–water partition coefficient (Wildman–Crippen LogP) is 3.08. The van der Waals surface area contributed by atoms with Gasteiger partial charge in [0, 0.05) is 11.0 Å². The third kappa shape index (κ3) is 3.66. The second-order valence-corrected chi connectivity index (χ2v) is 4.97. The van der Waals surface area contributed by atoms with Crippen LogP contribution < -0.4 is 5.32 Å². The summed E-state index contributed by atoms with van der Waals surface area (Å²) in [4.78, 5) is 10.8. The Morgan fingerprint density at radius 1 is 1.37 bits per heavy atom.